The lowest BCUT2D eigenvalue weighted by molar-refractivity contribution is 0.814. The molecule has 0 aliphatic heterocycles. The third-order valence-corrected chi connectivity index (χ3v) is 4.88. The summed E-state index contributed by atoms with van der Waals surface area (Å²) >= 11 is 3.65. The van der Waals surface area contributed by atoms with Crippen LogP contribution in [-0.2, 0) is 4.75 Å². The molecule has 1 nitrogen and oxygen atoms in total. The number of hydrogen-bond donors (Lipinski definition) is 0. The predicted molar refractivity (Wildman–Crippen MR) is 65.9 cm³/mol. The van der Waals surface area contributed by atoms with Crippen LogP contribution < -0.4 is 0 Å². The van der Waals surface area contributed by atoms with Crippen LogP contribution in [0.1, 0.15) is 12.5 Å². The number of thiocyanates is 1. The maximum Gasteiger partial charge on any atom is 0.134 e. The molecule has 0 saturated heterocycles. The van der Waals surface area contributed by atoms with E-state index in [0.717, 1.165) is 4.43 Å². The first-order valence-electron chi connectivity index (χ1n) is 3.91. The Labute approximate surface area is 96.7 Å². The molecule has 0 aromatic heterocycles. The molecule has 13 heavy (non-hydrogen) atoms. The summed E-state index contributed by atoms with van der Waals surface area (Å²) in [6.45, 7) is 2.10. The highest BCUT2D eigenvalue weighted by atomic mass is 127. The van der Waals surface area contributed by atoms with E-state index in [1.165, 1.54) is 17.3 Å². The van der Waals surface area contributed by atoms with Gasteiger partial charge in [0, 0.05) is 4.43 Å². The zero-order chi connectivity index (χ0) is 9.73. The maximum atomic E-state index is 8.70. The summed E-state index contributed by atoms with van der Waals surface area (Å²) in [5.74, 6) is 0. The van der Waals surface area contributed by atoms with Crippen LogP contribution in [0.5, 0.6) is 0 Å². The molecule has 0 heterocycles. The van der Waals surface area contributed by atoms with Crippen molar-refractivity contribution in [1.29, 1.82) is 5.26 Å². The Hall–Kier alpha value is -0.210. The summed E-state index contributed by atoms with van der Waals surface area (Å²) < 4.78 is 0.865. The van der Waals surface area contributed by atoms with Gasteiger partial charge in [-0.15, -0.1) is 0 Å². The van der Waals surface area contributed by atoms with Gasteiger partial charge in [0.1, 0.15) is 5.40 Å². The van der Waals surface area contributed by atoms with E-state index in [9.17, 15) is 0 Å². The van der Waals surface area contributed by atoms with Gasteiger partial charge in [-0.2, -0.15) is 5.26 Å². The molecular weight excluding hydrogens is 293 g/mol. The monoisotopic (exact) mass is 303 g/mol. The van der Waals surface area contributed by atoms with Gasteiger partial charge in [-0.05, 0) is 24.2 Å². The molecule has 1 rings (SSSR count). The molecule has 0 spiro atoms. The number of alkyl halides is 1. The normalized spacial score (nSPS) is 14.5. The minimum Gasteiger partial charge on any atom is -0.185 e. The van der Waals surface area contributed by atoms with E-state index in [-0.39, 0.29) is 4.75 Å². The molecule has 0 aliphatic carbocycles. The number of thioether (sulfide) groups is 1. The fraction of sp³-hybridized carbons (Fsp3) is 0.300. The van der Waals surface area contributed by atoms with Crippen molar-refractivity contribution in [2.75, 3.05) is 4.43 Å². The van der Waals surface area contributed by atoms with E-state index < -0.39 is 0 Å². The van der Waals surface area contributed by atoms with Crippen molar-refractivity contribution in [2.45, 2.75) is 11.7 Å². The van der Waals surface area contributed by atoms with Crippen LogP contribution >= 0.6 is 34.4 Å². The lowest BCUT2D eigenvalue weighted by Crippen LogP contribution is -2.18. The Kier molecular flexibility index (Phi) is 4.07. The number of rotatable bonds is 3. The molecule has 1 atom stereocenters. The topological polar surface area (TPSA) is 23.8 Å². The van der Waals surface area contributed by atoms with Crippen molar-refractivity contribution in [3.8, 4) is 5.40 Å². The lowest BCUT2D eigenvalue weighted by atomic mass is 10.0. The SMILES string of the molecule is CC(CI)(SC#N)c1ccccc1. The second-order valence-corrected chi connectivity index (χ2v) is 4.97. The minimum atomic E-state index is -0.0728. The first-order chi connectivity index (χ1) is 6.23. The number of nitrogens with zero attached hydrogens (tertiary/aromatic N) is 1. The summed E-state index contributed by atoms with van der Waals surface area (Å²) in [4.78, 5) is 0. The molecule has 0 radical (unpaired) electrons. The Morgan fingerprint density at radius 2 is 2.08 bits per heavy atom. The summed E-state index contributed by atoms with van der Waals surface area (Å²) in [6.07, 6.45) is 0. The smallest absolute Gasteiger partial charge is 0.134 e. The zero-order valence-electron chi connectivity index (χ0n) is 7.33. The van der Waals surface area contributed by atoms with Gasteiger partial charge in [-0.25, -0.2) is 0 Å². The molecule has 0 amide bonds. The van der Waals surface area contributed by atoms with Crippen molar-refractivity contribution in [2.24, 2.45) is 0 Å². The molecular formula is C10H10INS. The molecule has 0 aliphatic rings. The molecule has 3 heteroatoms. The van der Waals surface area contributed by atoms with Crippen LogP contribution in [0.4, 0.5) is 0 Å². The fourth-order valence-electron chi connectivity index (χ4n) is 1.05. The van der Waals surface area contributed by atoms with Crippen LogP contribution in [0, 0.1) is 10.7 Å². The van der Waals surface area contributed by atoms with E-state index in [2.05, 4.69) is 47.0 Å². The van der Waals surface area contributed by atoms with Crippen molar-refractivity contribution >= 4 is 34.4 Å². The third-order valence-electron chi connectivity index (χ3n) is 1.91. The van der Waals surface area contributed by atoms with Gasteiger partial charge in [-0.3, -0.25) is 0 Å². The van der Waals surface area contributed by atoms with Crippen LogP contribution in [0.3, 0.4) is 0 Å². The van der Waals surface area contributed by atoms with E-state index >= 15 is 0 Å². The minimum absolute atomic E-state index is 0.0728. The van der Waals surface area contributed by atoms with E-state index in [4.69, 9.17) is 5.26 Å². The Bertz CT molecular complexity index is 306. The van der Waals surface area contributed by atoms with E-state index in [1.54, 1.807) is 0 Å². The standard InChI is InChI=1S/C10H10INS/c1-10(7-11,13-8-12)9-5-3-2-4-6-9/h2-6H,7H2,1H3. The first kappa shape index (κ1) is 10.9. The second kappa shape index (κ2) is 4.87. The predicted octanol–water partition coefficient (Wildman–Crippen LogP) is 3.55. The molecule has 1 aromatic rings. The van der Waals surface area contributed by atoms with Gasteiger partial charge in [-0.1, -0.05) is 52.9 Å². The fourth-order valence-corrected chi connectivity index (χ4v) is 2.47. The number of hydrogen-bond acceptors (Lipinski definition) is 2. The molecule has 1 aromatic carbocycles. The van der Waals surface area contributed by atoms with Gasteiger partial charge in [0.2, 0.25) is 0 Å². The highest BCUT2D eigenvalue weighted by Crippen LogP contribution is 2.36. The first-order valence-corrected chi connectivity index (χ1v) is 6.26. The quantitative estimate of drug-likeness (QED) is 0.484. The largest absolute Gasteiger partial charge is 0.185 e. The molecule has 0 N–H and O–H groups in total. The Balaban J connectivity index is 2.97. The van der Waals surface area contributed by atoms with Crippen LogP contribution in [0.25, 0.3) is 0 Å². The summed E-state index contributed by atoms with van der Waals surface area (Å²) in [6, 6.07) is 10.2. The summed E-state index contributed by atoms with van der Waals surface area (Å²) in [7, 11) is 0. The number of nitriles is 1. The van der Waals surface area contributed by atoms with Gasteiger partial charge in [0.05, 0.1) is 4.75 Å². The van der Waals surface area contributed by atoms with Crippen molar-refractivity contribution in [3.05, 3.63) is 35.9 Å². The van der Waals surface area contributed by atoms with Crippen LogP contribution in [0.15, 0.2) is 30.3 Å². The van der Waals surface area contributed by atoms with Gasteiger partial charge in [0.25, 0.3) is 0 Å². The highest BCUT2D eigenvalue weighted by Gasteiger charge is 2.25. The molecule has 0 saturated carbocycles. The number of benzene rings is 1. The zero-order valence-corrected chi connectivity index (χ0v) is 10.3. The van der Waals surface area contributed by atoms with Crippen LogP contribution in [0.2, 0.25) is 0 Å². The van der Waals surface area contributed by atoms with Gasteiger partial charge >= 0.3 is 0 Å². The number of halogens is 1. The van der Waals surface area contributed by atoms with E-state index in [1.807, 2.05) is 18.2 Å². The summed E-state index contributed by atoms with van der Waals surface area (Å²) in [5, 5.41) is 10.9. The van der Waals surface area contributed by atoms with Crippen molar-refractivity contribution in [3.63, 3.8) is 0 Å². The average molecular weight is 303 g/mol. The van der Waals surface area contributed by atoms with E-state index in [0.29, 0.717) is 0 Å². The van der Waals surface area contributed by atoms with Crippen molar-refractivity contribution < 1.29 is 0 Å². The highest BCUT2D eigenvalue weighted by molar-refractivity contribution is 14.1. The second-order valence-electron chi connectivity index (χ2n) is 2.92. The Morgan fingerprint density at radius 3 is 2.54 bits per heavy atom. The maximum absolute atomic E-state index is 8.70. The average Bonchev–Trinajstić information content (AvgIpc) is 2.19. The van der Waals surface area contributed by atoms with Crippen LogP contribution in [-0.4, -0.2) is 4.43 Å². The lowest BCUT2D eigenvalue weighted by Gasteiger charge is -2.23. The van der Waals surface area contributed by atoms with Gasteiger partial charge in [0.15, 0.2) is 0 Å². The molecule has 1 unspecified atom stereocenters. The Morgan fingerprint density at radius 1 is 1.46 bits per heavy atom. The third kappa shape index (κ3) is 2.61. The summed E-state index contributed by atoms with van der Waals surface area (Å²) in [5.41, 5.74) is 1.22. The molecule has 0 fully saturated rings. The van der Waals surface area contributed by atoms with Gasteiger partial charge < -0.3 is 0 Å². The molecule has 0 bridgehead atoms. The molecule has 68 valence electrons. The van der Waals surface area contributed by atoms with Crippen molar-refractivity contribution in [1.82, 2.24) is 0 Å².